The molecule has 2 aromatic rings. The van der Waals surface area contributed by atoms with Crippen LogP contribution in [0.25, 0.3) is 0 Å². The molecule has 1 fully saturated rings. The molecule has 0 bridgehead atoms. The van der Waals surface area contributed by atoms with Crippen LogP contribution in [0, 0.1) is 0 Å². The summed E-state index contributed by atoms with van der Waals surface area (Å²) in [7, 11) is 3.31. The lowest BCUT2D eigenvalue weighted by atomic mass is 10.1. The molecule has 1 aliphatic rings. The topological polar surface area (TPSA) is 65.4 Å². The van der Waals surface area contributed by atoms with Gasteiger partial charge in [-0.3, -0.25) is 9.80 Å². The Morgan fingerprint density at radius 1 is 1.00 bits per heavy atom. The molecule has 0 amide bonds. The number of nitrogens with zero attached hydrogens (tertiary/aromatic N) is 2. The summed E-state index contributed by atoms with van der Waals surface area (Å²) in [5.74, 6) is 1.66. The maximum absolute atomic E-state index is 9.61. The smallest absolute Gasteiger partial charge is 0.134 e. The van der Waals surface area contributed by atoms with Crippen LogP contribution in [0.1, 0.15) is 17.5 Å². The van der Waals surface area contributed by atoms with Gasteiger partial charge in [-0.25, -0.2) is 0 Å². The van der Waals surface area contributed by atoms with E-state index in [0.29, 0.717) is 11.4 Å². The van der Waals surface area contributed by atoms with Crippen LogP contribution in [0.2, 0.25) is 5.02 Å². The predicted octanol–water partition coefficient (Wildman–Crippen LogP) is 3.13. The molecule has 0 saturated carbocycles. The fourth-order valence-electron chi connectivity index (χ4n) is 3.83. The number of benzene rings is 2. The first kappa shape index (κ1) is 21.7. The molecule has 1 heterocycles. The van der Waals surface area contributed by atoms with Crippen molar-refractivity contribution in [3.8, 4) is 17.2 Å². The molecule has 7 heteroatoms. The highest BCUT2D eigenvalue weighted by molar-refractivity contribution is 6.32. The number of rotatable bonds is 8. The number of methoxy groups -OCH3 is 2. The molecule has 0 aromatic heterocycles. The molecule has 3 rings (SSSR count). The molecule has 0 radical (unpaired) electrons. The van der Waals surface area contributed by atoms with Crippen molar-refractivity contribution < 1.29 is 19.7 Å². The van der Waals surface area contributed by atoms with Gasteiger partial charge in [0.05, 0.1) is 19.2 Å². The van der Waals surface area contributed by atoms with Crippen molar-refractivity contribution in [2.45, 2.75) is 25.6 Å². The van der Waals surface area contributed by atoms with Crippen molar-refractivity contribution in [1.29, 1.82) is 0 Å². The number of aromatic hydroxyl groups is 1. The van der Waals surface area contributed by atoms with Crippen LogP contribution in [0.3, 0.4) is 0 Å². The lowest BCUT2D eigenvalue weighted by molar-refractivity contribution is 0.0499. The largest absolute Gasteiger partial charge is 0.506 e. The summed E-state index contributed by atoms with van der Waals surface area (Å²) < 4.78 is 10.8. The minimum Gasteiger partial charge on any atom is -0.506 e. The van der Waals surface area contributed by atoms with E-state index in [9.17, 15) is 10.2 Å². The van der Waals surface area contributed by atoms with Crippen molar-refractivity contribution >= 4 is 11.6 Å². The highest BCUT2D eigenvalue weighted by atomic mass is 35.5. The molecule has 1 unspecified atom stereocenters. The summed E-state index contributed by atoms with van der Waals surface area (Å²) >= 11 is 6.04. The summed E-state index contributed by atoms with van der Waals surface area (Å²) in [6, 6.07) is 11.5. The molecule has 1 atom stereocenters. The quantitative estimate of drug-likeness (QED) is 0.684. The molecule has 2 aromatic carbocycles. The number of phenolic OH excluding ortho intramolecular Hbond substituents is 1. The monoisotopic (exact) mass is 420 g/mol. The Labute approximate surface area is 177 Å². The molecule has 0 spiro atoms. The second kappa shape index (κ2) is 10.2. The second-order valence-electron chi connectivity index (χ2n) is 7.38. The van der Waals surface area contributed by atoms with E-state index in [2.05, 4.69) is 9.80 Å². The number of halogens is 1. The fraction of sp³-hybridized carbons (Fsp3) is 0.455. The number of hydrogen-bond acceptors (Lipinski definition) is 6. The average Bonchev–Trinajstić information content (AvgIpc) is 2.72. The first-order chi connectivity index (χ1) is 14.0. The zero-order chi connectivity index (χ0) is 20.8. The molecule has 1 saturated heterocycles. The van der Waals surface area contributed by atoms with Crippen molar-refractivity contribution in [2.75, 3.05) is 40.5 Å². The Balaban J connectivity index is 1.68. The van der Waals surface area contributed by atoms with Gasteiger partial charge in [-0.15, -0.1) is 0 Å². The van der Waals surface area contributed by atoms with Gasteiger partial charge in [-0.2, -0.15) is 0 Å². The van der Waals surface area contributed by atoms with Gasteiger partial charge < -0.3 is 19.7 Å². The van der Waals surface area contributed by atoms with Crippen molar-refractivity contribution in [3.63, 3.8) is 0 Å². The van der Waals surface area contributed by atoms with E-state index >= 15 is 0 Å². The molecule has 29 heavy (non-hydrogen) atoms. The number of phenols is 1. The van der Waals surface area contributed by atoms with Crippen LogP contribution in [-0.2, 0) is 13.1 Å². The number of hydrogen-bond donors (Lipinski definition) is 2. The van der Waals surface area contributed by atoms with Gasteiger partial charge in [0, 0.05) is 51.4 Å². The minimum atomic E-state index is 0.104. The molecular formula is C22H29ClN2O4. The summed E-state index contributed by atoms with van der Waals surface area (Å²) in [6.45, 7) is 4.37. The average molecular weight is 421 g/mol. The Kier molecular flexibility index (Phi) is 7.61. The van der Waals surface area contributed by atoms with Gasteiger partial charge >= 0.3 is 0 Å². The first-order valence-electron chi connectivity index (χ1n) is 9.79. The number of piperazine rings is 1. The number of aliphatic hydroxyl groups excluding tert-OH is 1. The van der Waals surface area contributed by atoms with E-state index in [4.69, 9.17) is 21.1 Å². The van der Waals surface area contributed by atoms with Crippen molar-refractivity contribution in [3.05, 3.63) is 52.5 Å². The van der Waals surface area contributed by atoms with Crippen molar-refractivity contribution in [1.82, 2.24) is 9.80 Å². The van der Waals surface area contributed by atoms with Gasteiger partial charge in [0.1, 0.15) is 17.2 Å². The Bertz CT molecular complexity index is 795. The minimum absolute atomic E-state index is 0.104. The van der Waals surface area contributed by atoms with E-state index in [1.807, 2.05) is 30.3 Å². The summed E-state index contributed by atoms with van der Waals surface area (Å²) in [5, 5.41) is 19.6. The third kappa shape index (κ3) is 5.76. The van der Waals surface area contributed by atoms with Gasteiger partial charge in [0.15, 0.2) is 0 Å². The molecule has 6 nitrogen and oxygen atoms in total. The number of ether oxygens (including phenoxy) is 2. The van der Waals surface area contributed by atoms with Gasteiger partial charge in [0.2, 0.25) is 0 Å². The van der Waals surface area contributed by atoms with Crippen LogP contribution in [0.15, 0.2) is 36.4 Å². The van der Waals surface area contributed by atoms with E-state index in [1.165, 1.54) is 0 Å². The Hall–Kier alpha value is -1.99. The highest BCUT2D eigenvalue weighted by Crippen LogP contribution is 2.27. The maximum Gasteiger partial charge on any atom is 0.134 e. The fourth-order valence-corrected chi connectivity index (χ4v) is 4.03. The summed E-state index contributed by atoms with van der Waals surface area (Å²) in [4.78, 5) is 4.77. The molecule has 0 aliphatic carbocycles. The third-order valence-electron chi connectivity index (χ3n) is 5.37. The normalized spacial score (nSPS) is 18.0. The summed E-state index contributed by atoms with van der Waals surface area (Å²) in [5.41, 5.74) is 2.20. The highest BCUT2D eigenvalue weighted by Gasteiger charge is 2.27. The lowest BCUT2D eigenvalue weighted by Crippen LogP contribution is -2.52. The van der Waals surface area contributed by atoms with E-state index < -0.39 is 0 Å². The first-order valence-corrected chi connectivity index (χ1v) is 10.2. The van der Waals surface area contributed by atoms with Crippen molar-refractivity contribution in [2.24, 2.45) is 0 Å². The summed E-state index contributed by atoms with van der Waals surface area (Å²) in [6.07, 6.45) is 0.716. The Morgan fingerprint density at radius 2 is 1.72 bits per heavy atom. The van der Waals surface area contributed by atoms with Crippen LogP contribution in [0.5, 0.6) is 17.2 Å². The number of aliphatic hydroxyl groups is 1. The molecule has 1 aliphatic heterocycles. The van der Waals surface area contributed by atoms with Crippen LogP contribution >= 0.6 is 11.6 Å². The van der Waals surface area contributed by atoms with Gasteiger partial charge in [-0.1, -0.05) is 17.7 Å². The zero-order valence-corrected chi connectivity index (χ0v) is 17.7. The zero-order valence-electron chi connectivity index (χ0n) is 17.0. The molecule has 158 valence electrons. The molecule has 2 N–H and O–H groups in total. The second-order valence-corrected chi connectivity index (χ2v) is 7.79. The van der Waals surface area contributed by atoms with Crippen LogP contribution in [0.4, 0.5) is 0 Å². The maximum atomic E-state index is 9.61. The van der Waals surface area contributed by atoms with E-state index in [0.717, 1.165) is 55.3 Å². The lowest BCUT2D eigenvalue weighted by Gasteiger charge is -2.41. The van der Waals surface area contributed by atoms with E-state index in [1.54, 1.807) is 20.3 Å². The standard InChI is InChI=1S/C22H29ClN2O4/c1-28-19-9-17(10-20(12-19)29-2)14-25-7-6-24(15-18(25)5-8-26)13-16-3-4-22(27)21(23)11-16/h3-4,9-12,18,26-27H,5-8,13-15H2,1-2H3. The van der Waals surface area contributed by atoms with Gasteiger partial charge in [0.25, 0.3) is 0 Å². The SMILES string of the molecule is COc1cc(CN2CCN(Cc3ccc(O)c(Cl)c3)CC2CCO)cc(OC)c1. The molecular weight excluding hydrogens is 392 g/mol. The Morgan fingerprint density at radius 3 is 2.34 bits per heavy atom. The van der Waals surface area contributed by atoms with Gasteiger partial charge in [-0.05, 0) is 41.8 Å². The third-order valence-corrected chi connectivity index (χ3v) is 5.67. The van der Waals surface area contributed by atoms with E-state index in [-0.39, 0.29) is 18.4 Å². The predicted molar refractivity (Wildman–Crippen MR) is 114 cm³/mol. The van der Waals surface area contributed by atoms with Crippen LogP contribution in [-0.4, -0.2) is 66.5 Å². The van der Waals surface area contributed by atoms with Crippen LogP contribution < -0.4 is 9.47 Å².